The van der Waals surface area contributed by atoms with Gasteiger partial charge in [0.05, 0.1) is 6.42 Å². The van der Waals surface area contributed by atoms with Gasteiger partial charge in [-0.3, -0.25) is 9.59 Å². The van der Waals surface area contributed by atoms with Crippen LogP contribution in [-0.4, -0.2) is 36.1 Å². The normalized spacial score (nSPS) is 11.9. The van der Waals surface area contributed by atoms with E-state index in [1.54, 1.807) is 0 Å². The molecule has 0 aliphatic rings. The fraction of sp³-hybridized carbons (Fsp3) is 0.600. The second-order valence-corrected chi connectivity index (χ2v) is 6.60. The van der Waals surface area contributed by atoms with Gasteiger partial charge < -0.3 is 21.5 Å². The van der Waals surface area contributed by atoms with Crippen molar-refractivity contribution < 1.29 is 14.7 Å². The molecule has 1 amide bonds. The van der Waals surface area contributed by atoms with Crippen molar-refractivity contribution in [3.8, 4) is 0 Å². The summed E-state index contributed by atoms with van der Waals surface area (Å²) >= 11 is 0. The Hall–Kier alpha value is -1.92. The summed E-state index contributed by atoms with van der Waals surface area (Å²) in [7, 11) is 0. The zero-order chi connectivity index (χ0) is 19.2. The molecule has 1 aromatic carbocycles. The Labute approximate surface area is 156 Å². The molecule has 26 heavy (non-hydrogen) atoms. The number of carbonyl (C=O) groups excluding carboxylic acids is 1. The van der Waals surface area contributed by atoms with Crippen LogP contribution >= 0.6 is 0 Å². The summed E-state index contributed by atoms with van der Waals surface area (Å²) in [6.07, 6.45) is 7.15. The van der Waals surface area contributed by atoms with Crippen LogP contribution in [0.3, 0.4) is 0 Å². The van der Waals surface area contributed by atoms with Crippen LogP contribution in [0, 0.1) is 0 Å². The molecular weight excluding hydrogens is 330 g/mol. The molecule has 1 atom stereocenters. The number of amides is 1. The average Bonchev–Trinajstić information content (AvgIpc) is 2.62. The maximum Gasteiger partial charge on any atom is 0.321 e. The number of hydrogen-bond acceptors (Lipinski definition) is 4. The van der Waals surface area contributed by atoms with Crippen LogP contribution in [0.1, 0.15) is 57.4 Å². The maximum atomic E-state index is 12.1. The number of carboxylic acids is 1. The molecule has 0 radical (unpaired) electrons. The van der Waals surface area contributed by atoms with E-state index in [1.165, 1.54) is 5.56 Å². The zero-order valence-corrected chi connectivity index (χ0v) is 15.8. The van der Waals surface area contributed by atoms with Gasteiger partial charge in [0.2, 0.25) is 5.91 Å². The highest BCUT2D eigenvalue weighted by Crippen LogP contribution is 2.12. The van der Waals surface area contributed by atoms with E-state index in [9.17, 15) is 14.7 Å². The molecule has 0 heterocycles. The lowest BCUT2D eigenvalue weighted by Crippen LogP contribution is -2.40. The van der Waals surface area contributed by atoms with E-state index in [4.69, 9.17) is 5.73 Å². The Kier molecular flexibility index (Phi) is 11.3. The third-order valence-corrected chi connectivity index (χ3v) is 4.27. The number of carboxylic acid groups (broad SMARTS) is 1. The molecule has 0 saturated heterocycles. The first-order valence-corrected chi connectivity index (χ1v) is 9.61. The fourth-order valence-corrected chi connectivity index (χ4v) is 2.68. The van der Waals surface area contributed by atoms with Crippen molar-refractivity contribution in [2.24, 2.45) is 5.73 Å². The first-order valence-electron chi connectivity index (χ1n) is 9.61. The minimum absolute atomic E-state index is 0.0876. The lowest BCUT2D eigenvalue weighted by atomic mass is 10.1. The molecule has 6 heteroatoms. The lowest BCUT2D eigenvalue weighted by molar-refractivity contribution is -0.141. The standard InChI is InChI=1S/C20H33N3O3/c1-2-3-8-16-9-11-17(12-10-16)23-19(24)15-18(20(25)26)22-14-7-5-4-6-13-21/h9-12,18,22H,2-8,13-15,21H2,1H3,(H,23,24)(H,25,26)/t18-/m1/s1. The largest absolute Gasteiger partial charge is 0.480 e. The van der Waals surface area contributed by atoms with Gasteiger partial charge in [-0.05, 0) is 56.5 Å². The number of aliphatic carboxylic acids is 1. The van der Waals surface area contributed by atoms with Crippen molar-refractivity contribution in [2.45, 2.75) is 64.3 Å². The van der Waals surface area contributed by atoms with E-state index >= 15 is 0 Å². The summed E-state index contributed by atoms with van der Waals surface area (Å²) in [4.78, 5) is 23.5. The van der Waals surface area contributed by atoms with E-state index in [1.807, 2.05) is 24.3 Å². The molecule has 1 rings (SSSR count). The van der Waals surface area contributed by atoms with E-state index in [-0.39, 0.29) is 12.3 Å². The summed E-state index contributed by atoms with van der Waals surface area (Å²) in [5, 5.41) is 15.0. The van der Waals surface area contributed by atoms with E-state index in [2.05, 4.69) is 17.6 Å². The predicted octanol–water partition coefficient (Wildman–Crippen LogP) is 2.92. The van der Waals surface area contributed by atoms with Gasteiger partial charge in [-0.15, -0.1) is 0 Å². The zero-order valence-electron chi connectivity index (χ0n) is 15.8. The number of rotatable bonds is 14. The number of nitrogens with one attached hydrogen (secondary N) is 2. The topological polar surface area (TPSA) is 104 Å². The summed E-state index contributed by atoms with van der Waals surface area (Å²) in [6.45, 7) is 3.42. The highest BCUT2D eigenvalue weighted by atomic mass is 16.4. The smallest absolute Gasteiger partial charge is 0.321 e. The molecule has 0 aromatic heterocycles. The van der Waals surface area contributed by atoms with Crippen LogP contribution < -0.4 is 16.4 Å². The van der Waals surface area contributed by atoms with Crippen molar-refractivity contribution in [1.82, 2.24) is 5.32 Å². The molecule has 0 unspecified atom stereocenters. The number of hydrogen-bond donors (Lipinski definition) is 4. The quantitative estimate of drug-likeness (QED) is 0.380. The number of benzene rings is 1. The summed E-state index contributed by atoms with van der Waals surface area (Å²) in [5.41, 5.74) is 7.38. The second kappa shape index (κ2) is 13.3. The van der Waals surface area contributed by atoms with Gasteiger partial charge in [0, 0.05) is 5.69 Å². The van der Waals surface area contributed by atoms with Gasteiger partial charge in [0.1, 0.15) is 6.04 Å². The summed E-state index contributed by atoms with van der Waals surface area (Å²) in [6, 6.07) is 6.86. The highest BCUT2D eigenvalue weighted by molar-refractivity contribution is 5.94. The monoisotopic (exact) mass is 363 g/mol. The predicted molar refractivity (Wildman–Crippen MR) is 105 cm³/mol. The third kappa shape index (κ3) is 9.53. The Morgan fingerprint density at radius 3 is 2.38 bits per heavy atom. The lowest BCUT2D eigenvalue weighted by Gasteiger charge is -2.14. The first-order chi connectivity index (χ1) is 12.6. The first kappa shape index (κ1) is 22.1. The molecule has 146 valence electrons. The highest BCUT2D eigenvalue weighted by Gasteiger charge is 2.20. The number of aryl methyl sites for hydroxylation is 1. The minimum atomic E-state index is -1.00. The molecule has 1 aromatic rings. The van der Waals surface area contributed by atoms with E-state index in [0.717, 1.165) is 44.9 Å². The Bertz CT molecular complexity index is 532. The van der Waals surface area contributed by atoms with Crippen LogP contribution in [0.4, 0.5) is 5.69 Å². The molecule has 0 aliphatic heterocycles. The summed E-state index contributed by atoms with van der Waals surface area (Å²) < 4.78 is 0. The number of carbonyl (C=O) groups is 2. The van der Waals surface area contributed by atoms with Crippen LogP contribution in [-0.2, 0) is 16.0 Å². The van der Waals surface area contributed by atoms with Gasteiger partial charge in [-0.2, -0.15) is 0 Å². The van der Waals surface area contributed by atoms with Gasteiger partial charge in [-0.25, -0.2) is 0 Å². The molecule has 6 nitrogen and oxygen atoms in total. The molecular formula is C20H33N3O3. The Balaban J connectivity index is 2.38. The van der Waals surface area contributed by atoms with Crippen LogP contribution in [0.2, 0.25) is 0 Å². The number of anilines is 1. The molecule has 0 spiro atoms. The third-order valence-electron chi connectivity index (χ3n) is 4.27. The van der Waals surface area contributed by atoms with Crippen molar-refractivity contribution in [2.75, 3.05) is 18.4 Å². The molecule has 0 saturated carbocycles. The van der Waals surface area contributed by atoms with Gasteiger partial charge in [-0.1, -0.05) is 38.3 Å². The molecule has 0 bridgehead atoms. The number of nitrogens with two attached hydrogens (primary N) is 1. The average molecular weight is 364 g/mol. The van der Waals surface area contributed by atoms with Crippen LogP contribution in [0.5, 0.6) is 0 Å². The Morgan fingerprint density at radius 1 is 1.08 bits per heavy atom. The molecule has 5 N–H and O–H groups in total. The van der Waals surface area contributed by atoms with Crippen LogP contribution in [0.15, 0.2) is 24.3 Å². The van der Waals surface area contributed by atoms with E-state index < -0.39 is 12.0 Å². The minimum Gasteiger partial charge on any atom is -0.480 e. The fourth-order valence-electron chi connectivity index (χ4n) is 2.68. The molecule has 0 aliphatic carbocycles. The van der Waals surface area contributed by atoms with Crippen molar-refractivity contribution in [1.29, 1.82) is 0 Å². The molecule has 0 fully saturated rings. The van der Waals surface area contributed by atoms with Crippen LogP contribution in [0.25, 0.3) is 0 Å². The SMILES string of the molecule is CCCCc1ccc(NC(=O)C[C@@H](NCCCCCCN)C(=O)O)cc1. The van der Waals surface area contributed by atoms with Crippen molar-refractivity contribution in [3.63, 3.8) is 0 Å². The van der Waals surface area contributed by atoms with Crippen molar-refractivity contribution >= 4 is 17.6 Å². The second-order valence-electron chi connectivity index (χ2n) is 6.60. The maximum absolute atomic E-state index is 12.1. The summed E-state index contributed by atoms with van der Waals surface area (Å²) in [5.74, 6) is -1.30. The van der Waals surface area contributed by atoms with Gasteiger partial charge in [0.15, 0.2) is 0 Å². The van der Waals surface area contributed by atoms with Crippen molar-refractivity contribution in [3.05, 3.63) is 29.8 Å². The number of unbranched alkanes of at least 4 members (excludes halogenated alkanes) is 4. The Morgan fingerprint density at radius 2 is 1.77 bits per heavy atom. The van der Waals surface area contributed by atoms with Gasteiger partial charge in [0.25, 0.3) is 0 Å². The van der Waals surface area contributed by atoms with E-state index in [0.29, 0.717) is 18.8 Å². The van der Waals surface area contributed by atoms with Gasteiger partial charge >= 0.3 is 5.97 Å².